The van der Waals surface area contributed by atoms with Crippen LogP contribution in [-0.4, -0.2) is 22.2 Å². The Morgan fingerprint density at radius 3 is 1.97 bits per heavy atom. The first-order valence-electron chi connectivity index (χ1n) is 10.6. The summed E-state index contributed by atoms with van der Waals surface area (Å²) in [4.78, 5) is 24.1. The third-order valence-corrected chi connectivity index (χ3v) is 6.54. The van der Waals surface area contributed by atoms with Gasteiger partial charge in [-0.25, -0.2) is 9.59 Å². The molecule has 0 aliphatic carbocycles. The van der Waals surface area contributed by atoms with Crippen LogP contribution in [-0.2, 0) is 0 Å². The number of aromatic carboxylic acids is 2. The maximum Gasteiger partial charge on any atom is 0.336 e. The highest BCUT2D eigenvalue weighted by Gasteiger charge is 2.24. The predicted molar refractivity (Wildman–Crippen MR) is 130 cm³/mol. The van der Waals surface area contributed by atoms with Gasteiger partial charge >= 0.3 is 11.9 Å². The van der Waals surface area contributed by atoms with Gasteiger partial charge in [0.1, 0.15) is 22.3 Å². The zero-order valence-electron chi connectivity index (χ0n) is 17.5. The van der Waals surface area contributed by atoms with E-state index in [1.54, 1.807) is 24.3 Å². The zero-order valence-corrected chi connectivity index (χ0v) is 17.5. The molecule has 0 spiro atoms. The second-order valence-electron chi connectivity index (χ2n) is 8.31. The van der Waals surface area contributed by atoms with E-state index in [0.29, 0.717) is 43.9 Å². The number of para-hydroxylation sites is 1. The van der Waals surface area contributed by atoms with E-state index >= 15 is 0 Å². The summed E-state index contributed by atoms with van der Waals surface area (Å²) in [6.07, 6.45) is 0. The molecule has 7 rings (SSSR count). The van der Waals surface area contributed by atoms with E-state index in [1.165, 1.54) is 6.07 Å². The average molecular weight is 446 g/mol. The Morgan fingerprint density at radius 2 is 1.18 bits per heavy atom. The fraction of sp³-hybridized carbons (Fsp3) is 0. The molecule has 7 aromatic rings. The van der Waals surface area contributed by atoms with E-state index in [9.17, 15) is 19.8 Å². The van der Waals surface area contributed by atoms with Crippen LogP contribution in [0, 0.1) is 0 Å². The van der Waals surface area contributed by atoms with Crippen molar-refractivity contribution in [2.24, 2.45) is 0 Å². The molecule has 6 nitrogen and oxygen atoms in total. The van der Waals surface area contributed by atoms with Crippen LogP contribution in [0.2, 0.25) is 0 Å². The number of carbonyl (C=O) groups is 2. The highest BCUT2D eigenvalue weighted by Crippen LogP contribution is 2.47. The van der Waals surface area contributed by atoms with Crippen molar-refractivity contribution in [1.29, 1.82) is 0 Å². The highest BCUT2D eigenvalue weighted by atomic mass is 16.4. The number of hydrogen-bond donors (Lipinski definition) is 2. The van der Waals surface area contributed by atoms with Crippen molar-refractivity contribution in [2.75, 3.05) is 0 Å². The molecule has 0 amide bonds. The fourth-order valence-corrected chi connectivity index (χ4v) is 5.19. The topological polar surface area (TPSA) is 101 Å². The molecule has 162 valence electrons. The van der Waals surface area contributed by atoms with E-state index in [-0.39, 0.29) is 11.1 Å². The first-order valence-corrected chi connectivity index (χ1v) is 10.6. The molecule has 2 aromatic heterocycles. The molecule has 6 heteroatoms. The van der Waals surface area contributed by atoms with Gasteiger partial charge in [-0.2, -0.15) is 0 Å². The standard InChI is InChI=1S/C28H14O6/c29-27(30)13-8-10-19-17(12-13)25-23-15(5-3-7-20(23)34-19)22-16(28(31)32)9-11-21-26(22)24(25)14-4-1-2-6-18(14)33-21/h1-12H,(H,29,30)(H,31,32). The van der Waals surface area contributed by atoms with Gasteiger partial charge in [-0.3, -0.25) is 0 Å². The van der Waals surface area contributed by atoms with Crippen LogP contribution >= 0.6 is 0 Å². The third-order valence-electron chi connectivity index (χ3n) is 6.54. The summed E-state index contributed by atoms with van der Waals surface area (Å²) >= 11 is 0. The van der Waals surface area contributed by atoms with Crippen molar-refractivity contribution in [3.05, 3.63) is 83.9 Å². The maximum absolute atomic E-state index is 12.3. The van der Waals surface area contributed by atoms with Gasteiger partial charge in [0.05, 0.1) is 11.1 Å². The van der Waals surface area contributed by atoms with Crippen molar-refractivity contribution in [3.63, 3.8) is 0 Å². The van der Waals surface area contributed by atoms with Crippen molar-refractivity contribution in [2.45, 2.75) is 0 Å². The van der Waals surface area contributed by atoms with Crippen LogP contribution in [0.3, 0.4) is 0 Å². The Labute approximate surface area is 190 Å². The lowest BCUT2D eigenvalue weighted by Crippen LogP contribution is -2.00. The quantitative estimate of drug-likeness (QED) is 0.215. The Morgan fingerprint density at radius 1 is 0.529 bits per heavy atom. The maximum atomic E-state index is 12.3. The van der Waals surface area contributed by atoms with Crippen LogP contribution in [0.5, 0.6) is 0 Å². The lowest BCUT2D eigenvalue weighted by molar-refractivity contribution is 0.0687. The minimum absolute atomic E-state index is 0.141. The smallest absolute Gasteiger partial charge is 0.336 e. The Balaban J connectivity index is 1.95. The number of carboxylic acids is 2. The van der Waals surface area contributed by atoms with E-state index in [2.05, 4.69) is 0 Å². The molecule has 2 heterocycles. The molecule has 5 aromatic carbocycles. The second-order valence-corrected chi connectivity index (χ2v) is 8.31. The Hall–Kier alpha value is -4.84. The number of hydrogen-bond acceptors (Lipinski definition) is 4. The molecule has 0 aliphatic rings. The normalized spacial score (nSPS) is 12.0. The van der Waals surface area contributed by atoms with Crippen molar-refractivity contribution >= 4 is 77.4 Å². The fourth-order valence-electron chi connectivity index (χ4n) is 5.19. The van der Waals surface area contributed by atoms with E-state index in [4.69, 9.17) is 8.83 Å². The number of carboxylic acid groups (broad SMARTS) is 2. The summed E-state index contributed by atoms with van der Waals surface area (Å²) in [6, 6.07) is 21.2. The number of benzene rings is 5. The first kappa shape index (κ1) is 18.7. The van der Waals surface area contributed by atoms with Gasteiger partial charge in [0.15, 0.2) is 0 Å². The molecule has 0 atom stereocenters. The third kappa shape index (κ3) is 2.29. The molecule has 0 fully saturated rings. The summed E-state index contributed by atoms with van der Waals surface area (Å²) < 4.78 is 12.4. The molecule has 0 radical (unpaired) electrons. The van der Waals surface area contributed by atoms with Crippen LogP contribution in [0.1, 0.15) is 20.7 Å². The van der Waals surface area contributed by atoms with Crippen LogP contribution < -0.4 is 0 Å². The monoisotopic (exact) mass is 446 g/mol. The second kappa shape index (κ2) is 6.36. The summed E-state index contributed by atoms with van der Waals surface area (Å²) in [5.74, 6) is -2.08. The molecule has 0 bridgehead atoms. The average Bonchev–Trinajstić information content (AvgIpc) is 2.84. The van der Waals surface area contributed by atoms with Crippen LogP contribution in [0.25, 0.3) is 65.4 Å². The molecule has 34 heavy (non-hydrogen) atoms. The summed E-state index contributed by atoms with van der Waals surface area (Å²) in [7, 11) is 0. The minimum Gasteiger partial charge on any atom is -0.478 e. The van der Waals surface area contributed by atoms with E-state index < -0.39 is 11.9 Å². The number of rotatable bonds is 2. The Kier molecular flexibility index (Phi) is 3.50. The molecule has 0 saturated heterocycles. The highest BCUT2D eigenvalue weighted by molar-refractivity contribution is 6.41. The van der Waals surface area contributed by atoms with Crippen molar-refractivity contribution in [1.82, 2.24) is 0 Å². The van der Waals surface area contributed by atoms with E-state index in [1.807, 2.05) is 42.5 Å². The number of fused-ring (bicyclic) bond motifs is 6. The zero-order chi connectivity index (χ0) is 23.1. The van der Waals surface area contributed by atoms with Crippen LogP contribution in [0.4, 0.5) is 0 Å². The molecule has 0 aliphatic heterocycles. The molecule has 2 N–H and O–H groups in total. The lowest BCUT2D eigenvalue weighted by atomic mass is 9.88. The van der Waals surface area contributed by atoms with Crippen molar-refractivity contribution < 1.29 is 28.6 Å². The largest absolute Gasteiger partial charge is 0.478 e. The SMILES string of the molecule is O=C(O)c1ccc2oc3cccc4c5c(C(=O)O)ccc6oc7ccccc7c(c65)c(c2c1)c34. The molecule has 0 unspecified atom stereocenters. The van der Waals surface area contributed by atoms with Gasteiger partial charge < -0.3 is 19.0 Å². The van der Waals surface area contributed by atoms with Gasteiger partial charge in [0.25, 0.3) is 0 Å². The van der Waals surface area contributed by atoms with E-state index in [0.717, 1.165) is 21.5 Å². The summed E-state index contributed by atoms with van der Waals surface area (Å²) in [5, 5.41) is 25.5. The molecular weight excluding hydrogens is 432 g/mol. The van der Waals surface area contributed by atoms with Gasteiger partial charge in [0, 0.05) is 37.7 Å². The molecule has 0 saturated carbocycles. The predicted octanol–water partition coefficient (Wildman–Crippen LogP) is 7.19. The van der Waals surface area contributed by atoms with Gasteiger partial charge in [-0.05, 0) is 47.9 Å². The van der Waals surface area contributed by atoms with Crippen LogP contribution in [0.15, 0.2) is 81.6 Å². The molecular formula is C28H14O6. The summed E-state index contributed by atoms with van der Waals surface area (Å²) in [5.41, 5.74) is 2.64. The minimum atomic E-state index is -1.04. The van der Waals surface area contributed by atoms with Crippen molar-refractivity contribution in [3.8, 4) is 0 Å². The lowest BCUT2D eigenvalue weighted by Gasteiger charge is -2.18. The Bertz CT molecular complexity index is 2020. The van der Waals surface area contributed by atoms with Gasteiger partial charge in [-0.15, -0.1) is 0 Å². The van der Waals surface area contributed by atoms with Gasteiger partial charge in [0.2, 0.25) is 0 Å². The van der Waals surface area contributed by atoms with Gasteiger partial charge in [-0.1, -0.05) is 30.3 Å². The first-order chi connectivity index (χ1) is 16.5. The summed E-state index contributed by atoms with van der Waals surface area (Å²) in [6.45, 7) is 0.